The van der Waals surface area contributed by atoms with Gasteiger partial charge in [-0.05, 0) is 36.8 Å². The number of nitrogens with zero attached hydrogens (tertiary/aromatic N) is 2. The first-order chi connectivity index (χ1) is 13.1. The molecule has 0 radical (unpaired) electrons. The Bertz CT molecular complexity index is 824. The lowest BCUT2D eigenvalue weighted by Gasteiger charge is -2.37. The molecule has 1 saturated heterocycles. The molecule has 27 heavy (non-hydrogen) atoms. The summed E-state index contributed by atoms with van der Waals surface area (Å²) in [5.41, 5.74) is 2.34. The van der Waals surface area contributed by atoms with Gasteiger partial charge in [-0.25, -0.2) is 9.97 Å². The molecule has 0 unspecified atom stereocenters. The summed E-state index contributed by atoms with van der Waals surface area (Å²) in [5, 5.41) is 9.89. The number of carboxylic acids is 1. The molecule has 1 aliphatic heterocycles. The molecule has 2 fully saturated rings. The first-order valence-corrected chi connectivity index (χ1v) is 9.39. The number of para-hydroxylation sites is 1. The Hall–Kier alpha value is -2.25. The molecule has 1 atom stereocenters. The van der Waals surface area contributed by atoms with E-state index in [0.29, 0.717) is 31.0 Å². The van der Waals surface area contributed by atoms with Crippen molar-refractivity contribution in [2.24, 2.45) is 11.8 Å². The van der Waals surface area contributed by atoms with E-state index in [1.54, 1.807) is 13.3 Å². The minimum absolute atomic E-state index is 0.0924. The van der Waals surface area contributed by atoms with Crippen LogP contribution in [0.5, 0.6) is 5.88 Å². The van der Waals surface area contributed by atoms with Crippen molar-refractivity contribution in [2.45, 2.75) is 37.9 Å². The molecule has 0 amide bonds. The van der Waals surface area contributed by atoms with Crippen LogP contribution in [0.1, 0.15) is 31.2 Å². The van der Waals surface area contributed by atoms with Crippen LogP contribution in [0, 0.1) is 11.8 Å². The van der Waals surface area contributed by atoms with Crippen LogP contribution in [0.3, 0.4) is 0 Å². The topological polar surface area (TPSA) is 90.8 Å². The monoisotopic (exact) mass is 372 g/mol. The fraction of sp³-hybridized carbons (Fsp3) is 0.550. The van der Waals surface area contributed by atoms with Crippen molar-refractivity contribution in [3.05, 3.63) is 30.0 Å². The Morgan fingerprint density at radius 3 is 2.74 bits per heavy atom. The molecule has 1 aliphatic carbocycles. The van der Waals surface area contributed by atoms with E-state index in [1.165, 1.54) is 0 Å². The zero-order chi connectivity index (χ0) is 18.9. The Labute approximate surface area is 157 Å². The Balaban J connectivity index is 1.55. The number of ether oxygens (including phenoxy) is 3. The van der Waals surface area contributed by atoms with Crippen molar-refractivity contribution >= 4 is 17.0 Å². The van der Waals surface area contributed by atoms with Gasteiger partial charge in [-0.3, -0.25) is 4.79 Å². The van der Waals surface area contributed by atoms with Crippen LogP contribution < -0.4 is 4.74 Å². The lowest BCUT2D eigenvalue weighted by molar-refractivity contribution is -0.186. The predicted octanol–water partition coefficient (Wildman–Crippen LogP) is 2.82. The van der Waals surface area contributed by atoms with Gasteiger partial charge < -0.3 is 19.3 Å². The molecule has 1 aromatic carbocycles. The normalized spacial score (nSPS) is 20.8. The van der Waals surface area contributed by atoms with Gasteiger partial charge in [0.2, 0.25) is 5.88 Å². The van der Waals surface area contributed by atoms with Crippen molar-refractivity contribution < 1.29 is 24.1 Å². The van der Waals surface area contributed by atoms with E-state index in [0.717, 1.165) is 36.8 Å². The average Bonchev–Trinajstić information content (AvgIpc) is 3.14. The standard InChI is InChI=1S/C20H24N2O5/c1-25-17-12-21-16-4-2-3-14(18(16)22-17)11-15(19(23)24)13-5-7-20(8-6-13)26-9-10-27-20/h2-4,12-13,15H,5-11H2,1H3,(H,23,24)/t15-/m0/s1. The number of hydrogen-bond donors (Lipinski definition) is 1. The van der Waals surface area contributed by atoms with Crippen LogP contribution in [0.2, 0.25) is 0 Å². The van der Waals surface area contributed by atoms with Gasteiger partial charge in [-0.2, -0.15) is 0 Å². The number of methoxy groups -OCH3 is 1. The van der Waals surface area contributed by atoms with Crippen LogP contribution in [0.25, 0.3) is 11.0 Å². The van der Waals surface area contributed by atoms with Crippen LogP contribution in [0.4, 0.5) is 0 Å². The quantitative estimate of drug-likeness (QED) is 0.863. The lowest BCUT2D eigenvalue weighted by Crippen LogP contribution is -2.38. The van der Waals surface area contributed by atoms with Crippen molar-refractivity contribution in [1.82, 2.24) is 9.97 Å². The summed E-state index contributed by atoms with van der Waals surface area (Å²) in [5.74, 6) is -1.19. The van der Waals surface area contributed by atoms with Gasteiger partial charge in [0.1, 0.15) is 0 Å². The fourth-order valence-electron chi connectivity index (χ4n) is 4.30. The van der Waals surface area contributed by atoms with Crippen LogP contribution >= 0.6 is 0 Å². The molecule has 2 heterocycles. The highest BCUT2D eigenvalue weighted by Gasteiger charge is 2.43. The van der Waals surface area contributed by atoms with Crippen LogP contribution in [-0.4, -0.2) is 47.2 Å². The van der Waals surface area contributed by atoms with Crippen molar-refractivity contribution in [1.29, 1.82) is 0 Å². The SMILES string of the molecule is COc1cnc2cccc(C[C@H](C(=O)O)C3CCC4(CC3)OCCO4)c2n1. The number of aromatic nitrogens is 2. The lowest BCUT2D eigenvalue weighted by atomic mass is 9.75. The van der Waals surface area contributed by atoms with Gasteiger partial charge in [0.25, 0.3) is 0 Å². The highest BCUT2D eigenvalue weighted by molar-refractivity contribution is 5.79. The molecule has 2 aliphatic rings. The number of fused-ring (bicyclic) bond motifs is 1. The van der Waals surface area contributed by atoms with E-state index in [2.05, 4.69) is 9.97 Å². The van der Waals surface area contributed by atoms with Gasteiger partial charge in [0, 0.05) is 12.8 Å². The number of aliphatic carboxylic acids is 1. The van der Waals surface area contributed by atoms with Gasteiger partial charge in [0.05, 0.1) is 43.5 Å². The van der Waals surface area contributed by atoms with Gasteiger partial charge in [-0.15, -0.1) is 0 Å². The Morgan fingerprint density at radius 1 is 1.33 bits per heavy atom. The molecule has 1 spiro atoms. The molecule has 1 N–H and O–H groups in total. The second-order valence-electron chi connectivity index (χ2n) is 7.29. The van der Waals surface area contributed by atoms with Gasteiger partial charge in [0.15, 0.2) is 5.79 Å². The first kappa shape index (κ1) is 18.1. The number of rotatable bonds is 5. The van der Waals surface area contributed by atoms with E-state index < -0.39 is 17.7 Å². The highest BCUT2D eigenvalue weighted by atomic mass is 16.7. The van der Waals surface area contributed by atoms with E-state index in [9.17, 15) is 9.90 Å². The molecular formula is C20H24N2O5. The third-order valence-electron chi connectivity index (χ3n) is 5.78. The molecular weight excluding hydrogens is 348 g/mol. The molecule has 7 nitrogen and oxygen atoms in total. The molecule has 4 rings (SSSR count). The molecule has 144 valence electrons. The van der Waals surface area contributed by atoms with Crippen molar-refractivity contribution in [2.75, 3.05) is 20.3 Å². The number of carbonyl (C=O) groups is 1. The fourth-order valence-corrected chi connectivity index (χ4v) is 4.30. The minimum atomic E-state index is -0.767. The summed E-state index contributed by atoms with van der Waals surface area (Å²) in [6, 6.07) is 5.70. The van der Waals surface area contributed by atoms with Crippen molar-refractivity contribution in [3.8, 4) is 5.88 Å². The summed E-state index contributed by atoms with van der Waals surface area (Å²) in [6.07, 6.45) is 5.08. The van der Waals surface area contributed by atoms with Crippen LogP contribution in [0.15, 0.2) is 24.4 Å². The molecule has 2 aromatic rings. The average molecular weight is 372 g/mol. The van der Waals surface area contributed by atoms with E-state index >= 15 is 0 Å². The zero-order valence-corrected chi connectivity index (χ0v) is 15.4. The second kappa shape index (κ2) is 7.40. The highest BCUT2D eigenvalue weighted by Crippen LogP contribution is 2.41. The third-order valence-corrected chi connectivity index (χ3v) is 5.78. The smallest absolute Gasteiger partial charge is 0.307 e. The first-order valence-electron chi connectivity index (χ1n) is 9.39. The van der Waals surface area contributed by atoms with Crippen LogP contribution in [-0.2, 0) is 20.7 Å². The summed E-state index contributed by atoms with van der Waals surface area (Å²) < 4.78 is 16.7. The maximum absolute atomic E-state index is 12.1. The Kier molecular flexibility index (Phi) is 4.97. The number of hydrogen-bond acceptors (Lipinski definition) is 6. The van der Waals surface area contributed by atoms with Crippen molar-refractivity contribution in [3.63, 3.8) is 0 Å². The summed E-state index contributed by atoms with van der Waals surface area (Å²) in [7, 11) is 1.55. The molecule has 7 heteroatoms. The van der Waals surface area contributed by atoms with E-state index in [-0.39, 0.29) is 5.92 Å². The second-order valence-corrected chi connectivity index (χ2v) is 7.29. The van der Waals surface area contributed by atoms with Gasteiger partial charge in [-0.1, -0.05) is 12.1 Å². The predicted molar refractivity (Wildman–Crippen MR) is 97.5 cm³/mol. The Morgan fingerprint density at radius 2 is 2.07 bits per heavy atom. The summed E-state index contributed by atoms with van der Waals surface area (Å²) in [6.45, 7) is 1.26. The summed E-state index contributed by atoms with van der Waals surface area (Å²) >= 11 is 0. The minimum Gasteiger partial charge on any atom is -0.481 e. The number of carboxylic acid groups (broad SMARTS) is 1. The maximum Gasteiger partial charge on any atom is 0.307 e. The number of benzene rings is 1. The summed E-state index contributed by atoms with van der Waals surface area (Å²) in [4.78, 5) is 20.9. The van der Waals surface area contributed by atoms with E-state index in [4.69, 9.17) is 14.2 Å². The molecule has 1 saturated carbocycles. The largest absolute Gasteiger partial charge is 0.481 e. The maximum atomic E-state index is 12.1. The van der Waals surface area contributed by atoms with Gasteiger partial charge >= 0.3 is 5.97 Å². The molecule has 0 bridgehead atoms. The molecule has 1 aromatic heterocycles. The third kappa shape index (κ3) is 3.61. The zero-order valence-electron chi connectivity index (χ0n) is 15.4. The van der Waals surface area contributed by atoms with E-state index in [1.807, 2.05) is 18.2 Å².